The second kappa shape index (κ2) is 6.60. The van der Waals surface area contributed by atoms with Gasteiger partial charge < -0.3 is 15.2 Å². The lowest BCUT2D eigenvalue weighted by Crippen LogP contribution is -2.43. The Balaban J connectivity index is 2.51. The first-order valence-corrected chi connectivity index (χ1v) is 7.41. The van der Waals surface area contributed by atoms with E-state index in [4.69, 9.17) is 4.74 Å². The molecule has 0 saturated heterocycles. The second-order valence-corrected chi connectivity index (χ2v) is 6.75. The van der Waals surface area contributed by atoms with Crippen molar-refractivity contribution in [1.82, 2.24) is 5.32 Å². The third-order valence-corrected chi connectivity index (χ3v) is 3.77. The molecule has 1 aliphatic rings. The molecular formula is C15H29NO3. The molecule has 0 spiro atoms. The van der Waals surface area contributed by atoms with Crippen LogP contribution in [0.25, 0.3) is 0 Å². The summed E-state index contributed by atoms with van der Waals surface area (Å²) in [6.45, 7) is 8.37. The number of carbonyl (C=O) groups is 1. The fourth-order valence-electron chi connectivity index (χ4n) is 2.49. The molecule has 1 aliphatic carbocycles. The molecule has 1 unspecified atom stereocenters. The molecule has 1 saturated carbocycles. The number of carbonyl (C=O) groups excluding carboxylic acids is 1. The molecule has 0 aromatic carbocycles. The highest BCUT2D eigenvalue weighted by molar-refractivity contribution is 5.67. The highest BCUT2D eigenvalue weighted by Gasteiger charge is 2.44. The summed E-state index contributed by atoms with van der Waals surface area (Å²) in [6, 6.07) is 0. The zero-order chi connectivity index (χ0) is 14.5. The molecule has 1 amide bonds. The maximum absolute atomic E-state index is 11.7. The molecule has 0 aliphatic heterocycles. The first kappa shape index (κ1) is 16.3. The lowest BCUT2D eigenvalue weighted by Gasteiger charge is -2.33. The first-order chi connectivity index (χ1) is 8.83. The van der Waals surface area contributed by atoms with Gasteiger partial charge in [-0.05, 0) is 46.0 Å². The van der Waals surface area contributed by atoms with E-state index in [2.05, 4.69) is 12.2 Å². The zero-order valence-electron chi connectivity index (χ0n) is 12.8. The summed E-state index contributed by atoms with van der Waals surface area (Å²) < 4.78 is 5.25. The Morgan fingerprint density at radius 3 is 2.42 bits per heavy atom. The summed E-state index contributed by atoms with van der Waals surface area (Å²) in [5.41, 5.74) is -0.623. The van der Waals surface area contributed by atoms with Crippen LogP contribution in [0.15, 0.2) is 0 Å². The summed E-state index contributed by atoms with van der Waals surface area (Å²) in [4.78, 5) is 11.7. The minimum absolute atomic E-state index is 0.146. The predicted octanol–water partition coefficient (Wildman–Crippen LogP) is 3.09. The fourth-order valence-corrected chi connectivity index (χ4v) is 2.49. The van der Waals surface area contributed by atoms with Crippen LogP contribution in [0.4, 0.5) is 4.79 Å². The minimum atomic E-state index is -0.477. The van der Waals surface area contributed by atoms with Gasteiger partial charge in [0.25, 0.3) is 0 Å². The number of alkyl carbamates (subject to hydrolysis) is 1. The molecule has 0 aromatic rings. The number of ether oxygens (including phenoxy) is 1. The number of hydrogen-bond acceptors (Lipinski definition) is 3. The number of rotatable bonds is 7. The largest absolute Gasteiger partial charge is 0.444 e. The van der Waals surface area contributed by atoms with Gasteiger partial charge in [0.2, 0.25) is 0 Å². The smallest absolute Gasteiger partial charge is 0.407 e. The first-order valence-electron chi connectivity index (χ1n) is 7.41. The Labute approximate surface area is 116 Å². The van der Waals surface area contributed by atoms with Crippen molar-refractivity contribution < 1.29 is 14.6 Å². The minimum Gasteiger partial charge on any atom is -0.444 e. The Bertz CT molecular complexity index is 294. The Morgan fingerprint density at radius 2 is 2.00 bits per heavy atom. The Hall–Kier alpha value is -0.770. The van der Waals surface area contributed by atoms with E-state index in [1.165, 1.54) is 12.8 Å². The highest BCUT2D eigenvalue weighted by Crippen LogP contribution is 2.48. The number of unbranched alkanes of at least 4 members (excludes halogenated alkanes) is 1. The quantitative estimate of drug-likeness (QED) is 0.748. The Kier molecular flexibility index (Phi) is 5.65. The van der Waals surface area contributed by atoms with Crippen molar-refractivity contribution in [3.63, 3.8) is 0 Å². The molecule has 112 valence electrons. The molecule has 1 atom stereocenters. The number of aliphatic hydroxyl groups is 1. The predicted molar refractivity (Wildman–Crippen MR) is 76.0 cm³/mol. The average Bonchev–Trinajstić information content (AvgIpc) is 3.12. The van der Waals surface area contributed by atoms with Gasteiger partial charge in [-0.1, -0.05) is 19.8 Å². The van der Waals surface area contributed by atoms with Crippen molar-refractivity contribution in [2.75, 3.05) is 13.2 Å². The molecule has 0 radical (unpaired) electrons. The van der Waals surface area contributed by atoms with Crippen LogP contribution < -0.4 is 5.32 Å². The van der Waals surface area contributed by atoms with E-state index in [1.54, 1.807) is 0 Å². The number of hydrogen-bond donors (Lipinski definition) is 2. The number of aliphatic hydroxyl groups excluding tert-OH is 1. The van der Waals surface area contributed by atoms with Crippen molar-refractivity contribution in [3.05, 3.63) is 0 Å². The molecule has 2 N–H and O–H groups in total. The number of amides is 1. The van der Waals surface area contributed by atoms with Crippen LogP contribution in [0.2, 0.25) is 0 Å². The lowest BCUT2D eigenvalue weighted by atomic mass is 9.78. The van der Waals surface area contributed by atoms with Gasteiger partial charge in [0.05, 0.1) is 6.61 Å². The van der Waals surface area contributed by atoms with Gasteiger partial charge in [0, 0.05) is 12.0 Å². The van der Waals surface area contributed by atoms with Crippen LogP contribution >= 0.6 is 0 Å². The molecule has 1 fully saturated rings. The summed E-state index contributed by atoms with van der Waals surface area (Å²) in [7, 11) is 0. The third kappa shape index (κ3) is 5.39. The monoisotopic (exact) mass is 271 g/mol. The average molecular weight is 271 g/mol. The molecule has 1 rings (SSSR count). The summed E-state index contributed by atoms with van der Waals surface area (Å²) in [5, 5.41) is 12.6. The van der Waals surface area contributed by atoms with Crippen LogP contribution in [0.3, 0.4) is 0 Å². The summed E-state index contributed by atoms with van der Waals surface area (Å²) >= 11 is 0. The second-order valence-electron chi connectivity index (χ2n) is 6.75. The van der Waals surface area contributed by atoms with E-state index in [1.807, 2.05) is 20.8 Å². The van der Waals surface area contributed by atoms with E-state index >= 15 is 0 Å². The van der Waals surface area contributed by atoms with Crippen LogP contribution in [0.5, 0.6) is 0 Å². The number of nitrogens with one attached hydrogen (secondary N) is 1. The van der Waals surface area contributed by atoms with E-state index in [0.717, 1.165) is 19.3 Å². The van der Waals surface area contributed by atoms with E-state index in [0.29, 0.717) is 12.5 Å². The van der Waals surface area contributed by atoms with Gasteiger partial charge in [-0.3, -0.25) is 0 Å². The van der Waals surface area contributed by atoms with Crippen molar-refractivity contribution in [2.45, 2.75) is 65.4 Å². The fraction of sp³-hybridized carbons (Fsp3) is 0.933. The van der Waals surface area contributed by atoms with Gasteiger partial charge in [0.15, 0.2) is 0 Å². The summed E-state index contributed by atoms with van der Waals surface area (Å²) in [6.07, 6.45) is 5.12. The van der Waals surface area contributed by atoms with Crippen LogP contribution in [0.1, 0.15) is 59.8 Å². The van der Waals surface area contributed by atoms with Gasteiger partial charge >= 0.3 is 6.09 Å². The van der Waals surface area contributed by atoms with Crippen LogP contribution in [-0.4, -0.2) is 30.0 Å². The molecular weight excluding hydrogens is 242 g/mol. The molecule has 19 heavy (non-hydrogen) atoms. The van der Waals surface area contributed by atoms with Crippen LogP contribution in [-0.2, 0) is 4.74 Å². The summed E-state index contributed by atoms with van der Waals surface area (Å²) in [5.74, 6) is 0.555. The third-order valence-electron chi connectivity index (χ3n) is 3.77. The lowest BCUT2D eigenvalue weighted by molar-refractivity contribution is 0.0421. The normalized spacial score (nSPS) is 18.8. The van der Waals surface area contributed by atoms with Gasteiger partial charge in [-0.25, -0.2) is 4.79 Å². The van der Waals surface area contributed by atoms with Gasteiger partial charge in [0.1, 0.15) is 5.60 Å². The highest BCUT2D eigenvalue weighted by atomic mass is 16.6. The topological polar surface area (TPSA) is 58.6 Å². The van der Waals surface area contributed by atoms with Crippen molar-refractivity contribution >= 4 is 6.09 Å². The van der Waals surface area contributed by atoms with Gasteiger partial charge in [-0.15, -0.1) is 0 Å². The maximum Gasteiger partial charge on any atom is 0.407 e. The van der Waals surface area contributed by atoms with Crippen LogP contribution in [0, 0.1) is 11.3 Å². The van der Waals surface area contributed by atoms with Crippen molar-refractivity contribution in [1.29, 1.82) is 0 Å². The van der Waals surface area contributed by atoms with E-state index in [-0.39, 0.29) is 18.1 Å². The molecule has 0 heterocycles. The van der Waals surface area contributed by atoms with E-state index < -0.39 is 5.60 Å². The zero-order valence-corrected chi connectivity index (χ0v) is 12.8. The molecule has 0 bridgehead atoms. The molecule has 4 nitrogen and oxygen atoms in total. The van der Waals surface area contributed by atoms with Crippen molar-refractivity contribution in [3.8, 4) is 0 Å². The Morgan fingerprint density at radius 1 is 1.37 bits per heavy atom. The maximum atomic E-state index is 11.7. The SMILES string of the molecule is CCCCC(CO)(CNC(=O)OC(C)(C)C)C1CC1. The van der Waals surface area contributed by atoms with Crippen molar-refractivity contribution in [2.24, 2.45) is 11.3 Å². The molecule has 0 aromatic heterocycles. The van der Waals surface area contributed by atoms with Gasteiger partial charge in [-0.2, -0.15) is 0 Å². The molecule has 4 heteroatoms. The standard InChI is InChI=1S/C15H29NO3/c1-5-6-9-15(11-17,12-7-8-12)10-16-13(18)19-14(2,3)4/h12,17H,5-11H2,1-4H3,(H,16,18). The van der Waals surface area contributed by atoms with E-state index in [9.17, 15) is 9.90 Å².